The van der Waals surface area contributed by atoms with E-state index >= 15 is 0 Å². The molecule has 0 saturated carbocycles. The maximum absolute atomic E-state index is 4.01. The molecule has 2 heterocycles. The number of nitrogens with zero attached hydrogens (tertiary/aromatic N) is 3. The second-order valence-corrected chi connectivity index (χ2v) is 2.51. The summed E-state index contributed by atoms with van der Waals surface area (Å²) in [5.74, 6) is 0. The average Bonchev–Trinajstić information content (AvgIpc) is 2.53. The van der Waals surface area contributed by atoms with Crippen molar-refractivity contribution < 1.29 is 0 Å². The van der Waals surface area contributed by atoms with Crippen molar-refractivity contribution in [3.8, 4) is 11.3 Å². The molecular weight excluding hydrogens is 152 g/mol. The van der Waals surface area contributed by atoms with Crippen LogP contribution in [0, 0.1) is 6.92 Å². The minimum absolute atomic E-state index is 0.892. The Bertz CT molecular complexity index is 366. The minimum Gasteiger partial charge on any atom is -0.264 e. The Balaban J connectivity index is 2.51. The minimum atomic E-state index is 0.892. The molecule has 2 aromatic rings. The van der Waals surface area contributed by atoms with Gasteiger partial charge in [-0.1, -0.05) is 5.21 Å². The van der Waals surface area contributed by atoms with Crippen LogP contribution in [0.25, 0.3) is 11.3 Å². The first-order chi connectivity index (χ1) is 5.88. The smallest absolute Gasteiger partial charge is 0.0898 e. The predicted molar refractivity (Wildman–Crippen MR) is 44.4 cm³/mol. The van der Waals surface area contributed by atoms with Gasteiger partial charge in [-0.25, -0.2) is 0 Å². The summed E-state index contributed by atoms with van der Waals surface area (Å²) < 4.78 is 0. The van der Waals surface area contributed by atoms with E-state index in [9.17, 15) is 0 Å². The molecule has 12 heavy (non-hydrogen) atoms. The molecule has 4 nitrogen and oxygen atoms in total. The van der Waals surface area contributed by atoms with Crippen molar-refractivity contribution in [1.82, 2.24) is 20.4 Å². The van der Waals surface area contributed by atoms with Crippen LogP contribution in [0.15, 0.2) is 24.5 Å². The van der Waals surface area contributed by atoms with Gasteiger partial charge < -0.3 is 0 Å². The lowest BCUT2D eigenvalue weighted by Crippen LogP contribution is -1.81. The van der Waals surface area contributed by atoms with Crippen LogP contribution in [-0.4, -0.2) is 20.4 Å². The van der Waals surface area contributed by atoms with Crippen LogP contribution in [-0.2, 0) is 0 Å². The number of aryl methyl sites for hydroxylation is 1. The molecule has 0 radical (unpaired) electrons. The summed E-state index contributed by atoms with van der Waals surface area (Å²) in [5, 5.41) is 10.4. The standard InChI is InChI=1S/C8H8N4/c1-6-8(11-12-10-6)7-3-2-4-9-5-7/h2-5H,1H3,(H,10,11,12). The van der Waals surface area contributed by atoms with Crippen molar-refractivity contribution in [2.75, 3.05) is 0 Å². The first-order valence-corrected chi connectivity index (χ1v) is 3.66. The molecule has 0 spiro atoms. The number of hydrogen-bond acceptors (Lipinski definition) is 3. The van der Waals surface area contributed by atoms with Gasteiger partial charge in [0.05, 0.1) is 11.4 Å². The molecule has 0 saturated heterocycles. The Kier molecular flexibility index (Phi) is 1.59. The summed E-state index contributed by atoms with van der Waals surface area (Å²) in [6, 6.07) is 3.85. The number of pyridine rings is 1. The lowest BCUT2D eigenvalue weighted by atomic mass is 10.2. The molecule has 0 aromatic carbocycles. The monoisotopic (exact) mass is 160 g/mol. The Morgan fingerprint density at radius 2 is 2.33 bits per heavy atom. The molecule has 0 aliphatic rings. The molecule has 0 aliphatic carbocycles. The maximum atomic E-state index is 4.01. The number of aromatic nitrogens is 4. The zero-order chi connectivity index (χ0) is 8.39. The van der Waals surface area contributed by atoms with Gasteiger partial charge in [-0.15, -0.1) is 5.10 Å². The summed E-state index contributed by atoms with van der Waals surface area (Å²) >= 11 is 0. The van der Waals surface area contributed by atoms with E-state index in [1.165, 1.54) is 0 Å². The molecule has 0 bridgehead atoms. The third kappa shape index (κ3) is 1.07. The fourth-order valence-corrected chi connectivity index (χ4v) is 1.06. The number of rotatable bonds is 1. The van der Waals surface area contributed by atoms with Crippen molar-refractivity contribution >= 4 is 0 Å². The van der Waals surface area contributed by atoms with Crippen LogP contribution in [0.5, 0.6) is 0 Å². The Labute approximate surface area is 69.7 Å². The predicted octanol–water partition coefficient (Wildman–Crippen LogP) is 1.18. The van der Waals surface area contributed by atoms with Gasteiger partial charge >= 0.3 is 0 Å². The SMILES string of the molecule is Cc1nn[nH]c1-c1cccnc1. The highest BCUT2D eigenvalue weighted by molar-refractivity contribution is 5.59. The molecule has 60 valence electrons. The van der Waals surface area contributed by atoms with Crippen molar-refractivity contribution in [2.45, 2.75) is 6.92 Å². The molecular formula is C8H8N4. The zero-order valence-corrected chi connectivity index (χ0v) is 6.65. The topological polar surface area (TPSA) is 54.5 Å². The van der Waals surface area contributed by atoms with Gasteiger partial charge in [-0.3, -0.25) is 10.1 Å². The van der Waals surface area contributed by atoms with Crippen LogP contribution in [0.4, 0.5) is 0 Å². The molecule has 1 N–H and O–H groups in total. The average molecular weight is 160 g/mol. The van der Waals surface area contributed by atoms with Crippen molar-refractivity contribution in [2.24, 2.45) is 0 Å². The summed E-state index contributed by atoms with van der Waals surface area (Å²) in [5.41, 5.74) is 2.84. The highest BCUT2D eigenvalue weighted by Crippen LogP contribution is 2.16. The summed E-state index contributed by atoms with van der Waals surface area (Å²) in [6.45, 7) is 1.91. The number of hydrogen-bond donors (Lipinski definition) is 1. The van der Waals surface area contributed by atoms with Gasteiger partial charge in [0.2, 0.25) is 0 Å². The first kappa shape index (κ1) is 6.97. The summed E-state index contributed by atoms with van der Waals surface area (Å²) in [4.78, 5) is 4.01. The van der Waals surface area contributed by atoms with Crippen LogP contribution >= 0.6 is 0 Å². The molecule has 2 aromatic heterocycles. The largest absolute Gasteiger partial charge is 0.264 e. The van der Waals surface area contributed by atoms with Crippen LogP contribution in [0.2, 0.25) is 0 Å². The lowest BCUT2D eigenvalue weighted by molar-refractivity contribution is 0.929. The molecule has 0 aliphatic heterocycles. The molecule has 0 atom stereocenters. The molecule has 4 heteroatoms. The maximum Gasteiger partial charge on any atom is 0.0898 e. The molecule has 0 unspecified atom stereocenters. The third-order valence-electron chi connectivity index (χ3n) is 1.67. The van der Waals surface area contributed by atoms with E-state index in [0.717, 1.165) is 17.0 Å². The van der Waals surface area contributed by atoms with Gasteiger partial charge in [0.15, 0.2) is 0 Å². The van der Waals surface area contributed by atoms with E-state index < -0.39 is 0 Å². The van der Waals surface area contributed by atoms with Crippen molar-refractivity contribution in [3.05, 3.63) is 30.2 Å². The zero-order valence-electron chi connectivity index (χ0n) is 6.65. The molecule has 0 fully saturated rings. The van der Waals surface area contributed by atoms with Gasteiger partial charge in [-0.05, 0) is 19.1 Å². The summed E-state index contributed by atoms with van der Waals surface area (Å²) in [6.07, 6.45) is 3.52. The van der Waals surface area contributed by atoms with Gasteiger partial charge in [0.25, 0.3) is 0 Å². The van der Waals surface area contributed by atoms with E-state index in [2.05, 4.69) is 20.4 Å². The Morgan fingerprint density at radius 3 is 2.92 bits per heavy atom. The van der Waals surface area contributed by atoms with Crippen LogP contribution < -0.4 is 0 Å². The Hall–Kier alpha value is -1.71. The van der Waals surface area contributed by atoms with Crippen LogP contribution in [0.1, 0.15) is 5.69 Å². The fraction of sp³-hybridized carbons (Fsp3) is 0.125. The quantitative estimate of drug-likeness (QED) is 0.681. The van der Waals surface area contributed by atoms with Crippen molar-refractivity contribution in [1.29, 1.82) is 0 Å². The first-order valence-electron chi connectivity index (χ1n) is 3.66. The van der Waals surface area contributed by atoms with Crippen LogP contribution in [0.3, 0.4) is 0 Å². The van der Waals surface area contributed by atoms with E-state index in [1.54, 1.807) is 12.4 Å². The number of nitrogens with one attached hydrogen (secondary N) is 1. The van der Waals surface area contributed by atoms with E-state index in [1.807, 2.05) is 19.1 Å². The second-order valence-electron chi connectivity index (χ2n) is 2.51. The second kappa shape index (κ2) is 2.73. The highest BCUT2D eigenvalue weighted by Gasteiger charge is 2.03. The number of H-pyrrole nitrogens is 1. The van der Waals surface area contributed by atoms with Gasteiger partial charge in [0, 0.05) is 18.0 Å². The van der Waals surface area contributed by atoms with E-state index in [4.69, 9.17) is 0 Å². The van der Waals surface area contributed by atoms with E-state index in [-0.39, 0.29) is 0 Å². The highest BCUT2D eigenvalue weighted by atomic mass is 15.3. The lowest BCUT2D eigenvalue weighted by Gasteiger charge is -1.94. The third-order valence-corrected chi connectivity index (χ3v) is 1.67. The van der Waals surface area contributed by atoms with E-state index in [0.29, 0.717) is 0 Å². The van der Waals surface area contributed by atoms with Gasteiger partial charge in [0.1, 0.15) is 0 Å². The Morgan fingerprint density at radius 1 is 1.42 bits per heavy atom. The fourth-order valence-electron chi connectivity index (χ4n) is 1.06. The summed E-state index contributed by atoms with van der Waals surface area (Å²) in [7, 11) is 0. The van der Waals surface area contributed by atoms with Gasteiger partial charge in [-0.2, -0.15) is 0 Å². The molecule has 0 amide bonds. The number of aromatic amines is 1. The van der Waals surface area contributed by atoms with Crippen molar-refractivity contribution in [3.63, 3.8) is 0 Å². The molecule has 2 rings (SSSR count). The normalized spacial score (nSPS) is 10.1.